The van der Waals surface area contributed by atoms with Crippen LogP contribution in [-0.4, -0.2) is 21.4 Å². The van der Waals surface area contributed by atoms with Gasteiger partial charge in [-0.2, -0.15) is 0 Å². The van der Waals surface area contributed by atoms with Crippen molar-refractivity contribution in [1.29, 1.82) is 0 Å². The smallest absolute Gasteiger partial charge is 0.229 e. The van der Waals surface area contributed by atoms with Crippen molar-refractivity contribution in [2.45, 2.75) is 18.2 Å². The van der Waals surface area contributed by atoms with Crippen molar-refractivity contribution in [3.05, 3.63) is 94.9 Å². The summed E-state index contributed by atoms with van der Waals surface area (Å²) >= 11 is 0. The van der Waals surface area contributed by atoms with Crippen molar-refractivity contribution in [1.82, 2.24) is 4.98 Å². The van der Waals surface area contributed by atoms with Gasteiger partial charge < -0.3 is 5.32 Å². The molecule has 31 heavy (non-hydrogen) atoms. The Morgan fingerprint density at radius 2 is 1.87 bits per heavy atom. The molecule has 1 atom stereocenters. The molecular weight excluding hydrogens is 411 g/mol. The Bertz CT molecular complexity index is 1230. The third-order valence-corrected chi connectivity index (χ3v) is 6.18. The number of nitrogens with zero attached hydrogens (tertiary/aromatic N) is 1. The van der Waals surface area contributed by atoms with E-state index in [1.807, 2.05) is 37.3 Å². The minimum atomic E-state index is -1.04. The van der Waals surface area contributed by atoms with Crippen LogP contribution in [0, 0.1) is 5.82 Å². The number of anilines is 1. The van der Waals surface area contributed by atoms with Crippen LogP contribution >= 0.6 is 0 Å². The first-order chi connectivity index (χ1) is 14.9. The molecule has 156 valence electrons. The summed E-state index contributed by atoms with van der Waals surface area (Å²) in [6.45, 7) is 1.95. The van der Waals surface area contributed by atoms with Crippen LogP contribution in [0.3, 0.4) is 0 Å². The van der Waals surface area contributed by atoms with Crippen LogP contribution in [0.2, 0.25) is 0 Å². The highest BCUT2D eigenvalue weighted by Gasteiger charge is 2.26. The number of amides is 1. The lowest BCUT2D eigenvalue weighted by Gasteiger charge is -2.07. The van der Waals surface area contributed by atoms with E-state index in [4.69, 9.17) is 0 Å². The summed E-state index contributed by atoms with van der Waals surface area (Å²) in [5, 5.41) is 2.79. The summed E-state index contributed by atoms with van der Waals surface area (Å²) in [5.74, 6) is -0.0723. The van der Waals surface area contributed by atoms with Crippen LogP contribution in [0.15, 0.2) is 77.3 Å². The normalized spacial score (nSPS) is 15.1. The van der Waals surface area contributed by atoms with Crippen molar-refractivity contribution in [2.75, 3.05) is 11.6 Å². The van der Waals surface area contributed by atoms with Gasteiger partial charge in [0.25, 0.3) is 0 Å². The molecule has 1 N–H and O–H groups in total. The van der Waals surface area contributed by atoms with Gasteiger partial charge in [0.05, 0.1) is 6.42 Å². The lowest BCUT2D eigenvalue weighted by molar-refractivity contribution is -0.115. The number of halogens is 1. The summed E-state index contributed by atoms with van der Waals surface area (Å²) in [4.78, 5) is 17.5. The second-order valence-electron chi connectivity index (χ2n) is 7.31. The monoisotopic (exact) mass is 432 g/mol. The minimum absolute atomic E-state index is 0.115. The molecule has 1 amide bonds. The van der Waals surface area contributed by atoms with Crippen LogP contribution < -0.4 is 5.32 Å². The topological polar surface area (TPSA) is 59.1 Å². The molecule has 0 unspecified atom stereocenters. The first-order valence-corrected chi connectivity index (χ1v) is 11.3. The number of rotatable bonds is 5. The fourth-order valence-corrected chi connectivity index (χ4v) is 4.21. The summed E-state index contributed by atoms with van der Waals surface area (Å²) in [5.41, 5.74) is 5.23. The third kappa shape index (κ3) is 4.54. The third-order valence-electron chi connectivity index (χ3n) is 5.25. The van der Waals surface area contributed by atoms with E-state index in [0.29, 0.717) is 5.82 Å². The van der Waals surface area contributed by atoms with Crippen molar-refractivity contribution in [3.8, 4) is 0 Å². The van der Waals surface area contributed by atoms with Crippen LogP contribution in [0.1, 0.15) is 30.0 Å². The Labute approximate surface area is 183 Å². The first-order valence-electron chi connectivity index (χ1n) is 9.79. The molecule has 4 nitrogen and oxygen atoms in total. The fraction of sp³-hybridized carbons (Fsp3) is 0.120. The second kappa shape index (κ2) is 8.78. The Morgan fingerprint density at radius 1 is 1.10 bits per heavy atom. The number of pyridine rings is 1. The molecule has 0 aliphatic heterocycles. The lowest BCUT2D eigenvalue weighted by atomic mass is 10.0. The van der Waals surface area contributed by atoms with Gasteiger partial charge in [-0.25, -0.2) is 9.37 Å². The number of aromatic nitrogens is 1. The number of fused-ring (bicyclic) bond motifs is 1. The van der Waals surface area contributed by atoms with Crippen molar-refractivity contribution in [3.63, 3.8) is 0 Å². The van der Waals surface area contributed by atoms with E-state index in [9.17, 15) is 13.4 Å². The van der Waals surface area contributed by atoms with Crippen LogP contribution in [0.4, 0.5) is 10.2 Å². The van der Waals surface area contributed by atoms with Crippen molar-refractivity contribution in [2.24, 2.45) is 0 Å². The summed E-state index contributed by atoms with van der Waals surface area (Å²) in [6.07, 6.45) is 5.38. The molecule has 6 heteroatoms. The van der Waals surface area contributed by atoms with Gasteiger partial charge >= 0.3 is 0 Å². The number of benzene rings is 2. The number of carbonyl (C=O) groups excluding carboxylic acids is 1. The largest absolute Gasteiger partial charge is 0.310 e. The highest BCUT2D eigenvalue weighted by atomic mass is 32.2. The van der Waals surface area contributed by atoms with E-state index >= 15 is 0 Å². The first kappa shape index (κ1) is 20.9. The van der Waals surface area contributed by atoms with E-state index in [1.165, 1.54) is 12.1 Å². The van der Waals surface area contributed by atoms with E-state index in [-0.39, 0.29) is 18.1 Å². The highest BCUT2D eigenvalue weighted by molar-refractivity contribution is 7.84. The standard InChI is InChI=1S/C25H21FN2O2S/c1-16-21(13-17-6-9-19(10-7-17)31(2)30)20-11-8-18(26)14-23(20)22(16)15-25(29)28-24-5-3-4-12-27-24/h3-14H,15H2,1-2H3,(H,27,28,29)/b21-13+/t31-/m0/s1. The zero-order valence-electron chi connectivity index (χ0n) is 17.2. The maximum atomic E-state index is 14.0. The van der Waals surface area contributed by atoms with E-state index in [0.717, 1.165) is 38.3 Å². The maximum absolute atomic E-state index is 14.0. The molecule has 1 aliphatic carbocycles. The van der Waals surface area contributed by atoms with Crippen LogP contribution in [0.5, 0.6) is 0 Å². The molecule has 0 bridgehead atoms. The van der Waals surface area contributed by atoms with E-state index < -0.39 is 10.8 Å². The SMILES string of the molecule is CC1=C(CC(=O)Nc2ccccn2)c2cc(F)ccc2/C1=C/c1ccc([S@](C)=O)cc1. The molecule has 0 saturated heterocycles. The van der Waals surface area contributed by atoms with Gasteiger partial charge in [0.2, 0.25) is 5.91 Å². The molecule has 4 rings (SSSR count). The fourth-order valence-electron chi connectivity index (χ4n) is 3.69. The summed E-state index contributed by atoms with van der Waals surface area (Å²) in [6, 6.07) is 17.4. The molecule has 2 aromatic carbocycles. The number of carbonyl (C=O) groups is 1. The molecule has 0 saturated carbocycles. The zero-order valence-corrected chi connectivity index (χ0v) is 18.0. The zero-order chi connectivity index (χ0) is 22.0. The van der Waals surface area contributed by atoms with Gasteiger partial charge in [-0.15, -0.1) is 0 Å². The molecule has 3 aromatic rings. The molecule has 1 aromatic heterocycles. The predicted molar refractivity (Wildman–Crippen MR) is 123 cm³/mol. The van der Waals surface area contributed by atoms with Crippen molar-refractivity contribution < 1.29 is 13.4 Å². The molecular formula is C25H21FN2O2S. The highest BCUT2D eigenvalue weighted by Crippen LogP contribution is 2.43. The minimum Gasteiger partial charge on any atom is -0.310 e. The second-order valence-corrected chi connectivity index (χ2v) is 8.69. The van der Waals surface area contributed by atoms with Gasteiger partial charge in [0, 0.05) is 28.1 Å². The molecule has 0 fully saturated rings. The predicted octanol–water partition coefficient (Wildman–Crippen LogP) is 5.31. The average molecular weight is 433 g/mol. The van der Waals surface area contributed by atoms with Crippen molar-refractivity contribution >= 4 is 39.7 Å². The summed E-state index contributed by atoms with van der Waals surface area (Å²) < 4.78 is 25.7. The number of allylic oxidation sites excluding steroid dienone is 2. The van der Waals surface area contributed by atoms with Crippen LogP contribution in [-0.2, 0) is 15.6 Å². The van der Waals surface area contributed by atoms with Gasteiger partial charge in [-0.3, -0.25) is 9.00 Å². The molecule has 1 heterocycles. The van der Waals surface area contributed by atoms with E-state index in [1.54, 1.807) is 36.7 Å². The Hall–Kier alpha value is -3.38. The van der Waals surface area contributed by atoms with Gasteiger partial charge in [-0.05, 0) is 82.8 Å². The average Bonchev–Trinajstić information content (AvgIpc) is 3.00. The maximum Gasteiger partial charge on any atom is 0.229 e. The summed E-state index contributed by atoms with van der Waals surface area (Å²) in [7, 11) is -1.04. The van der Waals surface area contributed by atoms with Gasteiger partial charge in [-0.1, -0.05) is 24.3 Å². The van der Waals surface area contributed by atoms with Crippen LogP contribution in [0.25, 0.3) is 17.2 Å². The van der Waals surface area contributed by atoms with E-state index in [2.05, 4.69) is 10.3 Å². The molecule has 0 spiro atoms. The van der Waals surface area contributed by atoms with Gasteiger partial charge in [0.15, 0.2) is 0 Å². The number of hydrogen-bond donors (Lipinski definition) is 1. The molecule has 0 radical (unpaired) electrons. The van der Waals surface area contributed by atoms with Gasteiger partial charge in [0.1, 0.15) is 11.6 Å². The number of hydrogen-bond acceptors (Lipinski definition) is 3. The number of nitrogens with one attached hydrogen (secondary N) is 1. The Kier molecular flexibility index (Phi) is 5.91. The quantitative estimate of drug-likeness (QED) is 0.594. The Morgan fingerprint density at radius 3 is 2.55 bits per heavy atom. The molecule has 1 aliphatic rings. The lowest BCUT2D eigenvalue weighted by Crippen LogP contribution is -2.12. The Balaban J connectivity index is 1.69.